The van der Waals surface area contributed by atoms with Crippen LogP contribution in [0.25, 0.3) is 0 Å². The number of guanidine groups is 1. The van der Waals surface area contributed by atoms with Crippen LogP contribution in [-0.4, -0.2) is 47.0 Å². The van der Waals surface area contributed by atoms with Gasteiger partial charge in [0.15, 0.2) is 5.96 Å². The van der Waals surface area contributed by atoms with E-state index < -0.39 is 0 Å². The van der Waals surface area contributed by atoms with Gasteiger partial charge in [0.05, 0.1) is 13.2 Å². The molecule has 3 rings (SSSR count). The van der Waals surface area contributed by atoms with Gasteiger partial charge < -0.3 is 20.1 Å². The Kier molecular flexibility index (Phi) is 8.99. The molecule has 0 bridgehead atoms. The Bertz CT molecular complexity index is 737. The fraction of sp³-hybridized carbons (Fsp3) is 0.368. The van der Waals surface area contributed by atoms with Crippen molar-refractivity contribution in [2.45, 2.75) is 13.5 Å². The number of pyridine rings is 1. The maximum Gasteiger partial charge on any atom is 0.219 e. The van der Waals surface area contributed by atoms with Crippen molar-refractivity contribution in [3.8, 4) is 17.4 Å². The van der Waals surface area contributed by atoms with E-state index in [9.17, 15) is 0 Å². The molecule has 0 atom stereocenters. The van der Waals surface area contributed by atoms with Crippen molar-refractivity contribution in [1.29, 1.82) is 0 Å². The maximum absolute atomic E-state index is 6.10. The van der Waals surface area contributed by atoms with Crippen molar-refractivity contribution >= 4 is 41.7 Å². The van der Waals surface area contributed by atoms with Gasteiger partial charge in [-0.2, -0.15) is 11.8 Å². The van der Waals surface area contributed by atoms with Crippen LogP contribution in [0.2, 0.25) is 0 Å². The third-order valence-corrected chi connectivity index (χ3v) is 4.86. The van der Waals surface area contributed by atoms with E-state index in [0.717, 1.165) is 35.9 Å². The van der Waals surface area contributed by atoms with Crippen molar-refractivity contribution in [1.82, 2.24) is 9.88 Å². The molecule has 1 saturated heterocycles. The first-order chi connectivity index (χ1) is 12.7. The fourth-order valence-corrected chi connectivity index (χ4v) is 3.46. The molecule has 1 fully saturated rings. The summed E-state index contributed by atoms with van der Waals surface area (Å²) in [4.78, 5) is 10.9. The van der Waals surface area contributed by atoms with Gasteiger partial charge >= 0.3 is 0 Å². The number of ether oxygens (including phenoxy) is 2. The summed E-state index contributed by atoms with van der Waals surface area (Å²) in [5, 5.41) is 0. The molecule has 1 aliphatic heterocycles. The Balaban J connectivity index is 0.00000261. The topological polar surface area (TPSA) is 73.0 Å². The van der Waals surface area contributed by atoms with E-state index in [4.69, 9.17) is 15.2 Å². The Labute approximate surface area is 181 Å². The number of hydrogen-bond donors (Lipinski definition) is 1. The highest BCUT2D eigenvalue weighted by Crippen LogP contribution is 2.23. The van der Waals surface area contributed by atoms with Gasteiger partial charge in [-0.3, -0.25) is 0 Å². The largest absolute Gasteiger partial charge is 0.494 e. The van der Waals surface area contributed by atoms with Crippen molar-refractivity contribution < 1.29 is 9.47 Å². The maximum atomic E-state index is 6.10. The first-order valence-corrected chi connectivity index (χ1v) is 9.88. The van der Waals surface area contributed by atoms with Gasteiger partial charge in [0.1, 0.15) is 11.5 Å². The predicted octanol–water partition coefficient (Wildman–Crippen LogP) is 3.75. The fourth-order valence-electron chi connectivity index (χ4n) is 2.56. The van der Waals surface area contributed by atoms with E-state index >= 15 is 0 Å². The highest BCUT2D eigenvalue weighted by atomic mass is 127. The zero-order valence-corrected chi connectivity index (χ0v) is 18.5. The molecular weight excluding hydrogens is 475 g/mol. The van der Waals surface area contributed by atoms with Gasteiger partial charge in [0, 0.05) is 36.9 Å². The zero-order chi connectivity index (χ0) is 18.2. The SMILES string of the molecule is CCOc1ccc(Oc2cc(CN=C(N)N3CCSCC3)ccn2)cc1.I. The predicted molar refractivity (Wildman–Crippen MR) is 122 cm³/mol. The minimum atomic E-state index is 0. The van der Waals surface area contributed by atoms with E-state index in [-0.39, 0.29) is 24.0 Å². The molecule has 0 unspecified atom stereocenters. The molecule has 1 aromatic heterocycles. The third-order valence-electron chi connectivity index (χ3n) is 3.92. The van der Waals surface area contributed by atoms with Gasteiger partial charge in [-0.05, 0) is 42.8 Å². The minimum Gasteiger partial charge on any atom is -0.494 e. The summed E-state index contributed by atoms with van der Waals surface area (Å²) >= 11 is 1.95. The third kappa shape index (κ3) is 6.76. The second-order valence-electron chi connectivity index (χ2n) is 5.78. The Hall–Kier alpha value is -1.68. The van der Waals surface area contributed by atoms with Gasteiger partial charge in [-0.15, -0.1) is 24.0 Å². The monoisotopic (exact) mass is 500 g/mol. The summed E-state index contributed by atoms with van der Waals surface area (Å²) in [6.07, 6.45) is 1.72. The van der Waals surface area contributed by atoms with Crippen LogP contribution < -0.4 is 15.2 Å². The standard InChI is InChI=1S/C19H24N4O2S.HI/c1-2-24-16-3-5-17(6-4-16)25-18-13-15(7-8-21-18)14-22-19(20)23-9-11-26-12-10-23;/h3-8,13H,2,9-12,14H2,1H3,(H2,20,22);1H. The van der Waals surface area contributed by atoms with Gasteiger partial charge in [0.2, 0.25) is 5.88 Å². The number of halogens is 1. The molecule has 146 valence electrons. The summed E-state index contributed by atoms with van der Waals surface area (Å²) in [6, 6.07) is 11.3. The lowest BCUT2D eigenvalue weighted by molar-refractivity contribution is 0.339. The molecule has 0 spiro atoms. The number of nitrogens with two attached hydrogens (primary N) is 1. The second kappa shape index (κ2) is 11.2. The molecule has 6 nitrogen and oxygen atoms in total. The van der Waals surface area contributed by atoms with Crippen molar-refractivity contribution in [3.05, 3.63) is 48.2 Å². The van der Waals surface area contributed by atoms with Crippen LogP contribution in [0.4, 0.5) is 0 Å². The van der Waals surface area contributed by atoms with Gasteiger partial charge in [-0.1, -0.05) is 0 Å². The van der Waals surface area contributed by atoms with Crippen LogP contribution in [0.1, 0.15) is 12.5 Å². The number of hydrogen-bond acceptors (Lipinski definition) is 5. The number of thioether (sulfide) groups is 1. The molecule has 0 amide bonds. The summed E-state index contributed by atoms with van der Waals surface area (Å²) < 4.78 is 11.2. The lowest BCUT2D eigenvalue weighted by Gasteiger charge is -2.27. The van der Waals surface area contributed by atoms with Crippen LogP contribution in [-0.2, 0) is 6.54 Å². The van der Waals surface area contributed by atoms with Crippen LogP contribution in [0.3, 0.4) is 0 Å². The first kappa shape index (κ1) is 21.6. The molecule has 2 N–H and O–H groups in total. The first-order valence-electron chi connectivity index (χ1n) is 8.73. The van der Waals surface area contributed by atoms with E-state index in [2.05, 4.69) is 14.9 Å². The smallest absolute Gasteiger partial charge is 0.219 e. The molecule has 2 aromatic rings. The average Bonchev–Trinajstić information content (AvgIpc) is 2.69. The molecule has 27 heavy (non-hydrogen) atoms. The normalized spacial score (nSPS) is 14.4. The van der Waals surface area contributed by atoms with Gasteiger partial charge in [0.25, 0.3) is 0 Å². The van der Waals surface area contributed by atoms with Crippen LogP contribution in [0.15, 0.2) is 47.6 Å². The van der Waals surface area contributed by atoms with E-state index in [1.54, 1.807) is 6.20 Å². The number of rotatable bonds is 6. The molecule has 1 aliphatic rings. The van der Waals surface area contributed by atoms with E-state index in [1.165, 1.54) is 0 Å². The molecule has 0 aliphatic carbocycles. The van der Waals surface area contributed by atoms with E-state index in [1.807, 2.05) is 55.1 Å². The highest BCUT2D eigenvalue weighted by Gasteiger charge is 2.12. The van der Waals surface area contributed by atoms with Crippen LogP contribution in [0.5, 0.6) is 17.4 Å². The minimum absolute atomic E-state index is 0. The van der Waals surface area contributed by atoms with Crippen LogP contribution >= 0.6 is 35.7 Å². The zero-order valence-electron chi connectivity index (χ0n) is 15.3. The quantitative estimate of drug-likeness (QED) is 0.370. The summed E-state index contributed by atoms with van der Waals surface area (Å²) in [6.45, 7) is 5.03. The summed E-state index contributed by atoms with van der Waals surface area (Å²) in [5.41, 5.74) is 7.11. The highest BCUT2D eigenvalue weighted by molar-refractivity contribution is 14.0. The lowest BCUT2D eigenvalue weighted by Crippen LogP contribution is -2.42. The van der Waals surface area contributed by atoms with Gasteiger partial charge in [-0.25, -0.2) is 9.98 Å². The Morgan fingerprint density at radius 1 is 1.19 bits per heavy atom. The summed E-state index contributed by atoms with van der Waals surface area (Å²) in [5.74, 6) is 4.89. The lowest BCUT2D eigenvalue weighted by atomic mass is 10.2. The van der Waals surface area contributed by atoms with E-state index in [0.29, 0.717) is 30.7 Å². The molecule has 8 heteroatoms. The Morgan fingerprint density at radius 2 is 1.89 bits per heavy atom. The molecule has 0 radical (unpaired) electrons. The number of aliphatic imine (C=N–C) groups is 1. The molecule has 1 aromatic carbocycles. The molecule has 2 heterocycles. The van der Waals surface area contributed by atoms with Crippen LogP contribution in [0, 0.1) is 0 Å². The number of benzene rings is 1. The van der Waals surface area contributed by atoms with Crippen molar-refractivity contribution in [3.63, 3.8) is 0 Å². The van der Waals surface area contributed by atoms with Crippen molar-refractivity contribution in [2.24, 2.45) is 10.7 Å². The summed E-state index contributed by atoms with van der Waals surface area (Å²) in [7, 11) is 0. The molecule has 0 saturated carbocycles. The van der Waals surface area contributed by atoms with Crippen molar-refractivity contribution in [2.75, 3.05) is 31.2 Å². The Morgan fingerprint density at radius 3 is 2.59 bits per heavy atom. The second-order valence-corrected chi connectivity index (χ2v) is 7.01. The number of nitrogens with zero attached hydrogens (tertiary/aromatic N) is 3. The number of aromatic nitrogens is 1. The average molecular weight is 500 g/mol. The molecular formula is C19H25IN4O2S.